The van der Waals surface area contributed by atoms with E-state index in [1.807, 2.05) is 43.1 Å². The summed E-state index contributed by atoms with van der Waals surface area (Å²) >= 11 is 0. The van der Waals surface area contributed by atoms with Gasteiger partial charge in [-0.15, -0.1) is 0 Å². The first-order valence-corrected chi connectivity index (χ1v) is 9.94. The number of H-pyrrole nitrogens is 1. The van der Waals surface area contributed by atoms with Crippen LogP contribution in [0.25, 0.3) is 11.1 Å². The molecular formula is C22H26N4O3. The highest BCUT2D eigenvalue weighted by Gasteiger charge is 2.27. The zero-order valence-corrected chi connectivity index (χ0v) is 17.1. The molecule has 0 spiro atoms. The number of benzene rings is 1. The molecule has 0 aliphatic carbocycles. The molecule has 29 heavy (non-hydrogen) atoms. The predicted molar refractivity (Wildman–Crippen MR) is 109 cm³/mol. The lowest BCUT2D eigenvalue weighted by Crippen LogP contribution is -2.39. The Kier molecular flexibility index (Phi) is 5.38. The lowest BCUT2D eigenvalue weighted by Gasteiger charge is -2.32. The van der Waals surface area contributed by atoms with E-state index >= 15 is 0 Å². The molecule has 0 unspecified atom stereocenters. The third-order valence-electron chi connectivity index (χ3n) is 5.81. The Morgan fingerprint density at radius 3 is 2.79 bits per heavy atom. The number of amides is 1. The number of aromatic amines is 1. The maximum atomic E-state index is 12.7. The number of aromatic nitrogens is 3. The van der Waals surface area contributed by atoms with E-state index in [1.54, 1.807) is 7.11 Å². The molecule has 2 aromatic heterocycles. The quantitative estimate of drug-likeness (QED) is 0.714. The number of nitrogens with zero attached hydrogens (tertiary/aromatic N) is 3. The van der Waals surface area contributed by atoms with E-state index in [0.717, 1.165) is 65.5 Å². The largest absolute Gasteiger partial charge is 0.497 e. The maximum absolute atomic E-state index is 12.7. The van der Waals surface area contributed by atoms with Crippen LogP contribution in [0.4, 0.5) is 0 Å². The van der Waals surface area contributed by atoms with Crippen LogP contribution in [0.5, 0.6) is 5.75 Å². The Morgan fingerprint density at radius 2 is 2.10 bits per heavy atom. The molecule has 1 N–H and O–H groups in total. The molecule has 3 aromatic rings. The van der Waals surface area contributed by atoms with Crippen LogP contribution in [0.1, 0.15) is 41.5 Å². The molecule has 7 nitrogen and oxygen atoms in total. The fraction of sp³-hybridized carbons (Fsp3) is 0.409. The number of methoxy groups -OCH3 is 1. The van der Waals surface area contributed by atoms with Gasteiger partial charge < -0.3 is 14.2 Å². The molecule has 1 saturated heterocycles. The average molecular weight is 394 g/mol. The van der Waals surface area contributed by atoms with Crippen LogP contribution >= 0.6 is 0 Å². The predicted octanol–water partition coefficient (Wildman–Crippen LogP) is 3.64. The van der Waals surface area contributed by atoms with Crippen molar-refractivity contribution in [3.05, 3.63) is 53.2 Å². The minimum absolute atomic E-state index is 0.135. The zero-order chi connectivity index (χ0) is 20.4. The number of aryl methyl sites for hydroxylation is 2. The van der Waals surface area contributed by atoms with Gasteiger partial charge in [0.15, 0.2) is 0 Å². The summed E-state index contributed by atoms with van der Waals surface area (Å²) in [5.41, 5.74) is 5.03. The van der Waals surface area contributed by atoms with Gasteiger partial charge in [-0.2, -0.15) is 5.10 Å². The van der Waals surface area contributed by atoms with Crippen molar-refractivity contribution in [2.45, 2.75) is 39.0 Å². The maximum Gasteiger partial charge on any atom is 0.227 e. The Bertz CT molecular complexity index is 980. The van der Waals surface area contributed by atoms with Crippen molar-refractivity contribution in [1.29, 1.82) is 0 Å². The molecule has 1 amide bonds. The molecule has 0 atom stereocenters. The van der Waals surface area contributed by atoms with Crippen molar-refractivity contribution < 1.29 is 14.1 Å². The molecule has 0 radical (unpaired) electrons. The monoisotopic (exact) mass is 394 g/mol. The first-order chi connectivity index (χ1) is 14.1. The average Bonchev–Trinajstić information content (AvgIpc) is 3.36. The molecule has 3 heterocycles. The first-order valence-electron chi connectivity index (χ1n) is 9.94. The second kappa shape index (κ2) is 8.11. The summed E-state index contributed by atoms with van der Waals surface area (Å²) in [6.45, 7) is 5.21. The van der Waals surface area contributed by atoms with Gasteiger partial charge in [-0.25, -0.2) is 0 Å². The van der Waals surface area contributed by atoms with Gasteiger partial charge in [-0.3, -0.25) is 9.89 Å². The van der Waals surface area contributed by atoms with Gasteiger partial charge in [-0.1, -0.05) is 17.3 Å². The SMILES string of the molecule is COc1cccc(-c2cn[nH]c2C2CCN(C(=O)Cc3c(C)noc3C)CC2)c1. The second-order valence-electron chi connectivity index (χ2n) is 7.56. The normalized spacial score (nSPS) is 14.9. The Balaban J connectivity index is 1.43. The molecule has 1 fully saturated rings. The molecular weight excluding hydrogens is 368 g/mol. The topological polar surface area (TPSA) is 84.2 Å². The minimum atomic E-state index is 0.135. The Hall–Kier alpha value is -3.09. The van der Waals surface area contributed by atoms with Gasteiger partial charge in [0.2, 0.25) is 5.91 Å². The molecule has 0 bridgehead atoms. The van der Waals surface area contributed by atoms with Crippen LogP contribution in [-0.2, 0) is 11.2 Å². The van der Waals surface area contributed by atoms with Crippen LogP contribution in [-0.4, -0.2) is 46.4 Å². The molecule has 1 aromatic carbocycles. The zero-order valence-electron chi connectivity index (χ0n) is 17.1. The number of carbonyl (C=O) groups is 1. The number of likely N-dealkylation sites (tertiary alicyclic amines) is 1. The minimum Gasteiger partial charge on any atom is -0.497 e. The number of ether oxygens (including phenoxy) is 1. The van der Waals surface area contributed by atoms with E-state index in [4.69, 9.17) is 9.26 Å². The van der Waals surface area contributed by atoms with Crippen molar-refractivity contribution in [3.63, 3.8) is 0 Å². The summed E-state index contributed by atoms with van der Waals surface area (Å²) in [5, 5.41) is 11.4. The van der Waals surface area contributed by atoms with Gasteiger partial charge in [0, 0.05) is 35.8 Å². The molecule has 0 saturated carbocycles. The first kappa shape index (κ1) is 19.2. The smallest absolute Gasteiger partial charge is 0.227 e. The lowest BCUT2D eigenvalue weighted by molar-refractivity contribution is -0.131. The van der Waals surface area contributed by atoms with E-state index in [1.165, 1.54) is 0 Å². The van der Waals surface area contributed by atoms with E-state index < -0.39 is 0 Å². The second-order valence-corrected chi connectivity index (χ2v) is 7.56. The number of hydrogen-bond donors (Lipinski definition) is 1. The molecule has 1 aliphatic rings. The Morgan fingerprint density at radius 1 is 1.31 bits per heavy atom. The van der Waals surface area contributed by atoms with E-state index in [-0.39, 0.29) is 5.91 Å². The highest BCUT2D eigenvalue weighted by molar-refractivity contribution is 5.79. The van der Waals surface area contributed by atoms with E-state index in [2.05, 4.69) is 21.4 Å². The summed E-state index contributed by atoms with van der Waals surface area (Å²) in [7, 11) is 1.67. The standard InChI is InChI=1S/C22H26N4O3/c1-14-19(15(2)29-25-14)12-21(27)26-9-7-16(8-10-26)22-20(13-23-24-22)17-5-4-6-18(11-17)28-3/h4-6,11,13,16H,7-10,12H2,1-3H3,(H,23,24). The molecule has 152 valence electrons. The van der Waals surface area contributed by atoms with Crippen LogP contribution in [0.3, 0.4) is 0 Å². The van der Waals surface area contributed by atoms with Crippen molar-refractivity contribution in [3.8, 4) is 16.9 Å². The fourth-order valence-electron chi connectivity index (χ4n) is 4.06. The summed E-state index contributed by atoms with van der Waals surface area (Å²) < 4.78 is 10.5. The number of piperidine rings is 1. The number of hydrogen-bond acceptors (Lipinski definition) is 5. The van der Waals surface area contributed by atoms with Crippen LogP contribution in [0.2, 0.25) is 0 Å². The van der Waals surface area contributed by atoms with Crippen molar-refractivity contribution >= 4 is 5.91 Å². The van der Waals surface area contributed by atoms with Crippen LogP contribution in [0.15, 0.2) is 35.0 Å². The number of rotatable bonds is 5. The summed E-state index contributed by atoms with van der Waals surface area (Å²) in [5.74, 6) is 2.04. The van der Waals surface area contributed by atoms with E-state index in [0.29, 0.717) is 12.3 Å². The van der Waals surface area contributed by atoms with Gasteiger partial charge in [0.05, 0.1) is 25.4 Å². The summed E-state index contributed by atoms with van der Waals surface area (Å²) in [4.78, 5) is 14.7. The molecule has 7 heteroatoms. The van der Waals surface area contributed by atoms with Gasteiger partial charge in [-0.05, 0) is 44.4 Å². The highest BCUT2D eigenvalue weighted by atomic mass is 16.5. The number of nitrogens with one attached hydrogen (secondary N) is 1. The van der Waals surface area contributed by atoms with Crippen molar-refractivity contribution in [2.75, 3.05) is 20.2 Å². The van der Waals surface area contributed by atoms with Gasteiger partial charge >= 0.3 is 0 Å². The van der Waals surface area contributed by atoms with Crippen molar-refractivity contribution in [1.82, 2.24) is 20.3 Å². The summed E-state index contributed by atoms with van der Waals surface area (Å²) in [6, 6.07) is 8.02. The van der Waals surface area contributed by atoms with E-state index in [9.17, 15) is 4.79 Å². The van der Waals surface area contributed by atoms with Crippen molar-refractivity contribution in [2.24, 2.45) is 0 Å². The highest BCUT2D eigenvalue weighted by Crippen LogP contribution is 2.35. The third-order valence-corrected chi connectivity index (χ3v) is 5.81. The molecule has 1 aliphatic heterocycles. The Labute approximate surface area is 170 Å². The number of carbonyl (C=O) groups excluding carboxylic acids is 1. The molecule has 4 rings (SSSR count). The van der Waals surface area contributed by atoms with Crippen LogP contribution in [0, 0.1) is 13.8 Å². The van der Waals surface area contributed by atoms with Gasteiger partial charge in [0.1, 0.15) is 11.5 Å². The van der Waals surface area contributed by atoms with Crippen LogP contribution < -0.4 is 4.74 Å². The lowest BCUT2D eigenvalue weighted by atomic mass is 9.89. The fourth-order valence-corrected chi connectivity index (χ4v) is 4.06. The third kappa shape index (κ3) is 3.90. The summed E-state index contributed by atoms with van der Waals surface area (Å²) in [6.07, 6.45) is 4.04. The van der Waals surface area contributed by atoms with Gasteiger partial charge in [0.25, 0.3) is 0 Å².